The molecule has 0 radical (unpaired) electrons. The molecule has 0 bridgehead atoms. The van der Waals surface area contributed by atoms with Gasteiger partial charge in [-0.2, -0.15) is 0 Å². The van der Waals surface area contributed by atoms with E-state index >= 15 is 0 Å². The maximum atomic E-state index is 12.1. The van der Waals surface area contributed by atoms with Crippen molar-refractivity contribution in [2.24, 2.45) is 0 Å². The number of rotatable bonds is 3. The van der Waals surface area contributed by atoms with Crippen LogP contribution < -0.4 is 5.56 Å². The molecule has 1 aliphatic carbocycles. The summed E-state index contributed by atoms with van der Waals surface area (Å²) in [6, 6.07) is 7.73. The molecule has 1 fully saturated rings. The number of hydrogen-bond donors (Lipinski definition) is 0. The topological polar surface area (TPSA) is 39.1 Å². The number of aromatic nitrogens is 1. The average Bonchev–Trinajstić information content (AvgIpc) is 3.03. The predicted octanol–water partition coefficient (Wildman–Crippen LogP) is 2.72. The molecule has 0 saturated heterocycles. The quantitative estimate of drug-likeness (QED) is 0.780. The van der Waals surface area contributed by atoms with Crippen molar-refractivity contribution in [2.45, 2.75) is 18.9 Å². The Morgan fingerprint density at radius 2 is 2.12 bits per heavy atom. The van der Waals surface area contributed by atoms with E-state index < -0.39 is 0 Å². The van der Waals surface area contributed by atoms with Crippen LogP contribution in [0.2, 0.25) is 0 Å². The highest BCUT2D eigenvalue weighted by atomic mass is 32.1. The van der Waals surface area contributed by atoms with E-state index in [1.54, 1.807) is 22.0 Å². The molecule has 86 valence electrons. The molecule has 0 atom stereocenters. The van der Waals surface area contributed by atoms with Crippen molar-refractivity contribution in [2.75, 3.05) is 0 Å². The second-order valence-corrected chi connectivity index (χ2v) is 5.12. The van der Waals surface area contributed by atoms with Gasteiger partial charge in [-0.25, -0.2) is 0 Å². The fourth-order valence-corrected chi connectivity index (χ4v) is 2.73. The highest BCUT2D eigenvalue weighted by Crippen LogP contribution is 2.37. The van der Waals surface area contributed by atoms with E-state index in [9.17, 15) is 9.59 Å². The predicted molar refractivity (Wildman–Crippen MR) is 67.7 cm³/mol. The minimum atomic E-state index is -0.159. The van der Waals surface area contributed by atoms with Gasteiger partial charge in [0, 0.05) is 6.04 Å². The van der Waals surface area contributed by atoms with Crippen molar-refractivity contribution >= 4 is 17.6 Å². The van der Waals surface area contributed by atoms with Gasteiger partial charge in [-0.15, -0.1) is 11.3 Å². The lowest BCUT2D eigenvalue weighted by Crippen LogP contribution is -2.23. The molecular formula is C13H11NO2S. The number of carbonyl (C=O) groups excluding carboxylic acids is 1. The summed E-state index contributed by atoms with van der Waals surface area (Å²) in [4.78, 5) is 24.0. The molecule has 1 aliphatic rings. The second kappa shape index (κ2) is 3.96. The Kier molecular flexibility index (Phi) is 2.44. The Labute approximate surface area is 102 Å². The minimum Gasteiger partial charge on any atom is -0.304 e. The van der Waals surface area contributed by atoms with Crippen LogP contribution in [0.1, 0.15) is 29.2 Å². The number of nitrogens with zero attached hydrogens (tertiary/aromatic N) is 1. The lowest BCUT2D eigenvalue weighted by molar-refractivity contribution is 0.112. The zero-order valence-electron chi connectivity index (χ0n) is 9.13. The van der Waals surface area contributed by atoms with Crippen molar-refractivity contribution in [1.82, 2.24) is 4.57 Å². The van der Waals surface area contributed by atoms with E-state index in [4.69, 9.17) is 0 Å². The van der Waals surface area contributed by atoms with Crippen molar-refractivity contribution in [3.05, 3.63) is 45.6 Å². The molecule has 0 unspecified atom stereocenters. The molecule has 17 heavy (non-hydrogen) atoms. The van der Waals surface area contributed by atoms with Crippen LogP contribution in [0.3, 0.4) is 0 Å². The van der Waals surface area contributed by atoms with E-state index in [0.717, 1.165) is 23.4 Å². The third-order valence-corrected chi connectivity index (χ3v) is 3.85. The van der Waals surface area contributed by atoms with Crippen LogP contribution in [0.15, 0.2) is 34.4 Å². The van der Waals surface area contributed by atoms with Crippen LogP contribution >= 0.6 is 11.3 Å². The number of aldehydes is 1. The van der Waals surface area contributed by atoms with Gasteiger partial charge < -0.3 is 4.57 Å². The molecule has 4 heteroatoms. The summed E-state index contributed by atoms with van der Waals surface area (Å²) in [5, 5.41) is 1.99. The largest absolute Gasteiger partial charge is 0.304 e. The first kappa shape index (κ1) is 10.5. The number of hydrogen-bond acceptors (Lipinski definition) is 3. The van der Waals surface area contributed by atoms with E-state index in [-0.39, 0.29) is 17.2 Å². The standard InChI is InChI=1S/C13H11NO2S/c15-8-9-3-6-11(12-2-1-7-17-12)14(13(9)16)10-4-5-10/h1-3,6-8,10H,4-5H2. The maximum absolute atomic E-state index is 12.1. The summed E-state index contributed by atoms with van der Waals surface area (Å²) in [6.07, 6.45) is 2.70. The van der Waals surface area contributed by atoms with E-state index in [1.807, 2.05) is 23.6 Å². The minimum absolute atomic E-state index is 0.159. The van der Waals surface area contributed by atoms with Gasteiger partial charge in [-0.3, -0.25) is 9.59 Å². The SMILES string of the molecule is O=Cc1ccc(-c2cccs2)n(C2CC2)c1=O. The molecule has 3 nitrogen and oxygen atoms in total. The summed E-state index contributed by atoms with van der Waals surface area (Å²) in [5.74, 6) is 0. The van der Waals surface area contributed by atoms with Gasteiger partial charge >= 0.3 is 0 Å². The molecule has 0 aromatic carbocycles. The van der Waals surface area contributed by atoms with E-state index in [2.05, 4.69) is 0 Å². The first-order chi connectivity index (χ1) is 8.31. The van der Waals surface area contributed by atoms with Crippen LogP contribution in [0.5, 0.6) is 0 Å². The van der Waals surface area contributed by atoms with Crippen molar-refractivity contribution in [3.8, 4) is 10.6 Å². The van der Waals surface area contributed by atoms with Crippen LogP contribution in [0.25, 0.3) is 10.6 Å². The highest BCUT2D eigenvalue weighted by molar-refractivity contribution is 7.13. The smallest absolute Gasteiger partial charge is 0.261 e. The van der Waals surface area contributed by atoms with Crippen LogP contribution in [0, 0.1) is 0 Å². The van der Waals surface area contributed by atoms with Gasteiger partial charge in [0.2, 0.25) is 0 Å². The zero-order valence-corrected chi connectivity index (χ0v) is 9.94. The average molecular weight is 245 g/mol. The summed E-state index contributed by atoms with van der Waals surface area (Å²) in [5.41, 5.74) is 1.02. The molecule has 0 amide bonds. The molecule has 0 N–H and O–H groups in total. The first-order valence-corrected chi connectivity index (χ1v) is 6.44. The molecule has 2 aromatic rings. The first-order valence-electron chi connectivity index (χ1n) is 5.56. The Morgan fingerprint density at radius 3 is 2.71 bits per heavy atom. The fraction of sp³-hybridized carbons (Fsp3) is 0.231. The van der Waals surface area contributed by atoms with Crippen LogP contribution in [-0.4, -0.2) is 10.9 Å². The molecule has 2 heterocycles. The van der Waals surface area contributed by atoms with Gasteiger partial charge in [0.25, 0.3) is 5.56 Å². The zero-order chi connectivity index (χ0) is 11.8. The molecule has 0 aliphatic heterocycles. The number of thiophene rings is 1. The van der Waals surface area contributed by atoms with Gasteiger partial charge in [0.1, 0.15) is 0 Å². The Morgan fingerprint density at radius 1 is 1.29 bits per heavy atom. The summed E-state index contributed by atoms with van der Waals surface area (Å²) in [7, 11) is 0. The fourth-order valence-electron chi connectivity index (χ4n) is 1.98. The van der Waals surface area contributed by atoms with Crippen molar-refractivity contribution in [3.63, 3.8) is 0 Å². The molecule has 1 saturated carbocycles. The Hall–Kier alpha value is -1.68. The maximum Gasteiger partial charge on any atom is 0.261 e. The van der Waals surface area contributed by atoms with Crippen molar-refractivity contribution in [1.29, 1.82) is 0 Å². The van der Waals surface area contributed by atoms with Crippen molar-refractivity contribution < 1.29 is 4.79 Å². The summed E-state index contributed by atoms with van der Waals surface area (Å²) >= 11 is 1.61. The molecule has 2 aromatic heterocycles. The third kappa shape index (κ3) is 1.74. The monoisotopic (exact) mass is 245 g/mol. The lowest BCUT2D eigenvalue weighted by Gasteiger charge is -2.10. The Bertz CT molecular complexity index is 609. The van der Waals surface area contributed by atoms with Gasteiger partial charge in [0.05, 0.1) is 16.1 Å². The summed E-state index contributed by atoms with van der Waals surface area (Å²) in [6.45, 7) is 0. The number of carbonyl (C=O) groups is 1. The van der Waals surface area contributed by atoms with Crippen LogP contribution in [-0.2, 0) is 0 Å². The second-order valence-electron chi connectivity index (χ2n) is 4.18. The highest BCUT2D eigenvalue weighted by Gasteiger charge is 2.28. The third-order valence-electron chi connectivity index (χ3n) is 2.96. The normalized spacial score (nSPS) is 14.8. The molecule has 3 rings (SSSR count). The number of pyridine rings is 1. The van der Waals surface area contributed by atoms with E-state index in [0.29, 0.717) is 6.29 Å². The van der Waals surface area contributed by atoms with E-state index in [1.165, 1.54) is 0 Å². The van der Waals surface area contributed by atoms with Gasteiger partial charge in [0.15, 0.2) is 6.29 Å². The molecular weight excluding hydrogens is 234 g/mol. The Balaban J connectivity index is 2.25. The molecule has 0 spiro atoms. The van der Waals surface area contributed by atoms with Gasteiger partial charge in [-0.05, 0) is 36.4 Å². The van der Waals surface area contributed by atoms with Crippen LogP contribution in [0.4, 0.5) is 0 Å². The lowest BCUT2D eigenvalue weighted by atomic mass is 10.2. The summed E-state index contributed by atoms with van der Waals surface area (Å²) < 4.78 is 1.77. The van der Waals surface area contributed by atoms with Gasteiger partial charge in [-0.1, -0.05) is 6.07 Å².